The lowest BCUT2D eigenvalue weighted by molar-refractivity contribution is -0.137. The summed E-state index contributed by atoms with van der Waals surface area (Å²) in [6, 6.07) is 13.2. The number of alkyl halides is 3. The van der Waals surface area contributed by atoms with Gasteiger partial charge in [-0.15, -0.1) is 0 Å². The summed E-state index contributed by atoms with van der Waals surface area (Å²) < 4.78 is 38.2. The fourth-order valence-electron chi connectivity index (χ4n) is 3.63. The van der Waals surface area contributed by atoms with Crippen molar-refractivity contribution in [2.45, 2.75) is 25.6 Å². The lowest BCUT2D eigenvalue weighted by Gasteiger charge is -2.18. The van der Waals surface area contributed by atoms with Gasteiger partial charge in [0.05, 0.1) is 5.56 Å². The maximum atomic E-state index is 12.9. The molecule has 4 rings (SSSR count). The molecule has 0 N–H and O–H groups in total. The van der Waals surface area contributed by atoms with Crippen molar-refractivity contribution in [1.29, 1.82) is 0 Å². The summed E-state index contributed by atoms with van der Waals surface area (Å²) in [5.74, 6) is 0.302. The topological polar surface area (TPSA) is 66.4 Å². The van der Waals surface area contributed by atoms with Crippen LogP contribution in [-0.4, -0.2) is 39.8 Å². The maximum Gasteiger partial charge on any atom is 0.416 e. The van der Waals surface area contributed by atoms with Gasteiger partial charge < -0.3 is 4.90 Å². The normalized spacial score (nSPS) is 14.1. The molecule has 1 aromatic carbocycles. The van der Waals surface area contributed by atoms with Crippen LogP contribution in [0.25, 0.3) is 0 Å². The van der Waals surface area contributed by atoms with Crippen LogP contribution < -0.4 is 4.90 Å². The van der Waals surface area contributed by atoms with Gasteiger partial charge in [0.1, 0.15) is 5.82 Å². The van der Waals surface area contributed by atoms with Crippen molar-refractivity contribution in [2.24, 2.45) is 0 Å². The predicted molar refractivity (Wildman–Crippen MR) is 116 cm³/mol. The molecule has 3 heterocycles. The Bertz CT molecular complexity index is 1130. The van der Waals surface area contributed by atoms with Gasteiger partial charge in [0.15, 0.2) is 5.78 Å². The summed E-state index contributed by atoms with van der Waals surface area (Å²) in [7, 11) is 0. The molecule has 2 aromatic heterocycles. The number of carbonyl (C=O) groups is 2. The highest BCUT2D eigenvalue weighted by molar-refractivity contribution is 5.98. The van der Waals surface area contributed by atoms with Gasteiger partial charge in [-0.2, -0.15) is 13.2 Å². The zero-order chi connectivity index (χ0) is 23.4. The average molecular weight is 454 g/mol. The number of urea groups is 1. The minimum atomic E-state index is -4.40. The first-order valence-corrected chi connectivity index (χ1v) is 10.4. The summed E-state index contributed by atoms with van der Waals surface area (Å²) in [4.78, 5) is 37.0. The molecule has 0 spiro atoms. The van der Waals surface area contributed by atoms with Crippen molar-refractivity contribution in [2.75, 3.05) is 18.0 Å². The van der Waals surface area contributed by atoms with Crippen LogP contribution in [0, 0.1) is 0 Å². The molecule has 1 fully saturated rings. The number of aryl methyl sites for hydroxylation is 1. The molecule has 0 bridgehead atoms. The van der Waals surface area contributed by atoms with Crippen LogP contribution in [0.5, 0.6) is 0 Å². The third-order valence-electron chi connectivity index (χ3n) is 5.43. The van der Waals surface area contributed by atoms with E-state index in [0.29, 0.717) is 36.5 Å². The molecule has 0 atom stereocenters. The van der Waals surface area contributed by atoms with E-state index in [1.165, 1.54) is 23.2 Å². The number of rotatable bonds is 7. The Morgan fingerprint density at radius 1 is 0.970 bits per heavy atom. The van der Waals surface area contributed by atoms with Crippen LogP contribution in [0.1, 0.15) is 33.6 Å². The summed E-state index contributed by atoms with van der Waals surface area (Å²) in [5.41, 5.74) is 1.16. The average Bonchev–Trinajstić information content (AvgIpc) is 3.18. The highest BCUT2D eigenvalue weighted by Gasteiger charge is 2.32. The summed E-state index contributed by atoms with van der Waals surface area (Å²) in [5, 5.41) is 0. The number of benzene rings is 1. The SMILES string of the molecule is O=C(CCc1ccccn1)c1ccnc(N2CCN(Cc3ccc(C(F)(F)F)cc3)C2=O)c1. The van der Waals surface area contributed by atoms with Gasteiger partial charge in [-0.3, -0.25) is 14.7 Å². The minimum Gasteiger partial charge on any atom is -0.318 e. The van der Waals surface area contributed by atoms with Crippen molar-refractivity contribution < 1.29 is 22.8 Å². The molecule has 1 aliphatic rings. The van der Waals surface area contributed by atoms with E-state index >= 15 is 0 Å². The molecule has 1 aliphatic heterocycles. The number of amides is 2. The van der Waals surface area contributed by atoms with Crippen molar-refractivity contribution in [3.05, 3.63) is 89.4 Å². The third-order valence-corrected chi connectivity index (χ3v) is 5.43. The highest BCUT2D eigenvalue weighted by atomic mass is 19.4. The van der Waals surface area contributed by atoms with E-state index in [1.807, 2.05) is 18.2 Å². The first-order valence-electron chi connectivity index (χ1n) is 10.4. The smallest absolute Gasteiger partial charge is 0.318 e. The first-order chi connectivity index (χ1) is 15.8. The zero-order valence-corrected chi connectivity index (χ0v) is 17.6. The summed E-state index contributed by atoms with van der Waals surface area (Å²) in [6.07, 6.45) is -0.422. The lowest BCUT2D eigenvalue weighted by atomic mass is 10.1. The number of aromatic nitrogens is 2. The van der Waals surface area contributed by atoms with Crippen LogP contribution >= 0.6 is 0 Å². The molecule has 170 valence electrons. The van der Waals surface area contributed by atoms with Crippen LogP contribution in [-0.2, 0) is 19.1 Å². The monoisotopic (exact) mass is 454 g/mol. The second-order valence-corrected chi connectivity index (χ2v) is 7.70. The molecular weight excluding hydrogens is 433 g/mol. The number of pyridine rings is 2. The number of hydrogen-bond acceptors (Lipinski definition) is 4. The van der Waals surface area contributed by atoms with Gasteiger partial charge in [-0.1, -0.05) is 18.2 Å². The van der Waals surface area contributed by atoms with Crippen LogP contribution in [0.15, 0.2) is 67.0 Å². The third kappa shape index (κ3) is 5.36. The van der Waals surface area contributed by atoms with E-state index in [-0.39, 0.29) is 24.8 Å². The standard InChI is InChI=1S/C24H21F3N4O2/c25-24(26,27)19-6-4-17(5-7-19)16-30-13-14-31(23(30)33)22-15-18(10-12-29-22)21(32)9-8-20-3-1-2-11-28-20/h1-7,10-12,15H,8-9,13-14,16H2. The molecule has 0 saturated carbocycles. The Morgan fingerprint density at radius 2 is 1.76 bits per heavy atom. The van der Waals surface area contributed by atoms with E-state index in [0.717, 1.165) is 17.8 Å². The second kappa shape index (κ2) is 9.40. The number of halogens is 3. The van der Waals surface area contributed by atoms with Crippen molar-refractivity contribution in [3.8, 4) is 0 Å². The summed E-state index contributed by atoms with van der Waals surface area (Å²) in [6.45, 7) is 0.966. The second-order valence-electron chi connectivity index (χ2n) is 7.70. The maximum absolute atomic E-state index is 12.9. The van der Waals surface area contributed by atoms with E-state index in [2.05, 4.69) is 9.97 Å². The highest BCUT2D eigenvalue weighted by Crippen LogP contribution is 2.29. The van der Waals surface area contributed by atoms with Gasteiger partial charge in [0.2, 0.25) is 0 Å². The van der Waals surface area contributed by atoms with Crippen LogP contribution in [0.4, 0.5) is 23.8 Å². The summed E-state index contributed by atoms with van der Waals surface area (Å²) >= 11 is 0. The van der Waals surface area contributed by atoms with Gasteiger partial charge in [0.25, 0.3) is 0 Å². The van der Waals surface area contributed by atoms with Gasteiger partial charge in [0, 0.05) is 49.7 Å². The minimum absolute atomic E-state index is 0.0717. The van der Waals surface area contributed by atoms with E-state index in [9.17, 15) is 22.8 Å². The Hall–Kier alpha value is -3.75. The van der Waals surface area contributed by atoms with Gasteiger partial charge in [-0.25, -0.2) is 9.78 Å². The number of nitrogens with zero attached hydrogens (tertiary/aromatic N) is 4. The molecule has 33 heavy (non-hydrogen) atoms. The fourth-order valence-corrected chi connectivity index (χ4v) is 3.63. The molecule has 9 heteroatoms. The zero-order valence-electron chi connectivity index (χ0n) is 17.6. The predicted octanol–water partition coefficient (Wildman–Crippen LogP) is 4.75. The van der Waals surface area contributed by atoms with E-state index in [4.69, 9.17) is 0 Å². The number of Topliss-reactive ketones (excluding diaryl/α,β-unsaturated/α-hetero) is 1. The molecule has 6 nitrogen and oxygen atoms in total. The van der Waals surface area contributed by atoms with Crippen molar-refractivity contribution in [3.63, 3.8) is 0 Å². The molecule has 2 amide bonds. The fraction of sp³-hybridized carbons (Fsp3) is 0.250. The number of anilines is 1. The Morgan fingerprint density at radius 3 is 2.45 bits per heavy atom. The number of carbonyl (C=O) groups excluding carboxylic acids is 2. The number of hydrogen-bond donors (Lipinski definition) is 0. The lowest BCUT2D eigenvalue weighted by Crippen LogP contribution is -2.32. The molecule has 0 aliphatic carbocycles. The molecule has 0 radical (unpaired) electrons. The van der Waals surface area contributed by atoms with Gasteiger partial charge >= 0.3 is 12.2 Å². The quantitative estimate of drug-likeness (QED) is 0.483. The Labute approximate surface area is 188 Å². The largest absolute Gasteiger partial charge is 0.416 e. The Balaban J connectivity index is 1.39. The number of ketones is 1. The van der Waals surface area contributed by atoms with Crippen molar-refractivity contribution in [1.82, 2.24) is 14.9 Å². The van der Waals surface area contributed by atoms with Crippen LogP contribution in [0.2, 0.25) is 0 Å². The van der Waals surface area contributed by atoms with Crippen molar-refractivity contribution >= 4 is 17.6 Å². The van der Waals surface area contributed by atoms with Gasteiger partial charge in [-0.05, 0) is 48.4 Å². The molecular formula is C24H21F3N4O2. The van der Waals surface area contributed by atoms with E-state index in [1.54, 1.807) is 23.2 Å². The van der Waals surface area contributed by atoms with Crippen LogP contribution in [0.3, 0.4) is 0 Å². The molecule has 0 unspecified atom stereocenters. The molecule has 3 aromatic rings. The van der Waals surface area contributed by atoms with E-state index < -0.39 is 11.7 Å². The molecule has 1 saturated heterocycles. The first kappa shape index (κ1) is 22.4. The Kier molecular flexibility index (Phi) is 6.39.